The largest absolute Gasteiger partial charge is 0.469 e. The summed E-state index contributed by atoms with van der Waals surface area (Å²) in [5.74, 6) is -0.175. The van der Waals surface area contributed by atoms with Crippen molar-refractivity contribution in [2.24, 2.45) is 0 Å². The monoisotopic (exact) mass is 521 g/mol. The van der Waals surface area contributed by atoms with Crippen LogP contribution in [0.4, 0.5) is 4.79 Å². The summed E-state index contributed by atoms with van der Waals surface area (Å²) in [7, 11) is 1.40. The van der Waals surface area contributed by atoms with E-state index < -0.39 is 43.0 Å². The van der Waals surface area contributed by atoms with Crippen LogP contribution in [0.1, 0.15) is 56.8 Å². The molecule has 0 aliphatic carbocycles. The second-order valence-electron chi connectivity index (χ2n) is 9.09. The molecule has 10 nitrogen and oxygen atoms in total. The third kappa shape index (κ3) is 9.08. The maximum atomic E-state index is 12.3. The number of aliphatic hydroxyl groups is 1. The highest BCUT2D eigenvalue weighted by Crippen LogP contribution is 2.34. The quantitative estimate of drug-likeness (QED) is 0.215. The average molecular weight is 522 g/mol. The van der Waals surface area contributed by atoms with Gasteiger partial charge in [-0.3, -0.25) is 4.79 Å². The summed E-state index contributed by atoms with van der Waals surface area (Å²) in [5.41, 5.74) is 0.826. The number of fused-ring (bicyclic) bond motifs is 1. The molecule has 3 rings (SSSR count). The Labute approximate surface area is 218 Å². The highest BCUT2D eigenvalue weighted by Gasteiger charge is 2.50. The first kappa shape index (κ1) is 29.1. The van der Waals surface area contributed by atoms with E-state index in [0.717, 1.165) is 44.1 Å². The molecule has 0 spiro atoms. The molecule has 1 unspecified atom stereocenters. The molecule has 0 bridgehead atoms. The van der Waals surface area contributed by atoms with Gasteiger partial charge in [0, 0.05) is 18.6 Å². The number of nitrogens with one attached hydrogen (secondary N) is 1. The number of carbonyl (C=O) groups excluding carboxylic acids is 2. The molecule has 0 saturated carbocycles. The van der Waals surface area contributed by atoms with E-state index in [4.69, 9.17) is 23.7 Å². The van der Waals surface area contributed by atoms with Crippen molar-refractivity contribution in [3.63, 3.8) is 0 Å². The first-order valence-electron chi connectivity index (χ1n) is 12.9. The van der Waals surface area contributed by atoms with Gasteiger partial charge < -0.3 is 38.8 Å². The van der Waals surface area contributed by atoms with E-state index in [1.165, 1.54) is 13.2 Å². The molecule has 1 amide bonds. The zero-order chi connectivity index (χ0) is 26.5. The van der Waals surface area contributed by atoms with Crippen LogP contribution in [-0.2, 0) is 33.2 Å². The minimum atomic E-state index is -1.11. The molecule has 10 heteroatoms. The summed E-state index contributed by atoms with van der Waals surface area (Å²) in [6, 6.07) is 8.53. The van der Waals surface area contributed by atoms with Crippen molar-refractivity contribution in [2.45, 2.75) is 81.9 Å². The molecule has 2 fully saturated rings. The second-order valence-corrected chi connectivity index (χ2v) is 9.09. The van der Waals surface area contributed by atoms with Gasteiger partial charge >= 0.3 is 12.1 Å². The predicted octanol–water partition coefficient (Wildman–Crippen LogP) is 3.39. The van der Waals surface area contributed by atoms with Crippen molar-refractivity contribution >= 4 is 12.1 Å². The molecular formula is C27H39NO9. The molecule has 2 saturated heterocycles. The molecule has 0 radical (unpaired) electrons. The number of methoxy groups -OCH3 is 1. The zero-order valence-corrected chi connectivity index (χ0v) is 21.4. The summed E-state index contributed by atoms with van der Waals surface area (Å²) in [4.78, 5) is 23.4. The SMILES string of the molecule is C=CCOC(=O)N[C@H]1[C@H](OCCCCCCCCC(=O)OC)O[C@@H]2COC(c3ccccc3)O[C@H]2[C@@H]1O. The van der Waals surface area contributed by atoms with Gasteiger partial charge in [-0.25, -0.2) is 4.79 Å². The fourth-order valence-corrected chi connectivity index (χ4v) is 4.36. The zero-order valence-electron chi connectivity index (χ0n) is 21.4. The number of rotatable bonds is 14. The fraction of sp³-hybridized carbons (Fsp3) is 0.630. The molecule has 6 atom stereocenters. The highest BCUT2D eigenvalue weighted by atomic mass is 16.7. The van der Waals surface area contributed by atoms with E-state index in [2.05, 4.69) is 16.6 Å². The maximum absolute atomic E-state index is 12.3. The lowest BCUT2D eigenvalue weighted by molar-refractivity contribution is -0.344. The van der Waals surface area contributed by atoms with Crippen LogP contribution in [0.2, 0.25) is 0 Å². The minimum absolute atomic E-state index is 0.0349. The Hall–Kier alpha value is -2.50. The minimum Gasteiger partial charge on any atom is -0.469 e. The van der Waals surface area contributed by atoms with E-state index in [0.29, 0.717) is 13.0 Å². The molecule has 2 aliphatic rings. The van der Waals surface area contributed by atoms with Gasteiger partial charge in [-0.1, -0.05) is 68.7 Å². The number of alkyl carbamates (subject to hydrolysis) is 1. The van der Waals surface area contributed by atoms with Crippen molar-refractivity contribution in [2.75, 3.05) is 26.9 Å². The number of hydrogen-bond donors (Lipinski definition) is 2. The summed E-state index contributed by atoms with van der Waals surface area (Å²) in [6.07, 6.45) is 2.83. The number of amides is 1. The Bertz CT molecular complexity index is 836. The number of benzene rings is 1. The van der Waals surface area contributed by atoms with Crippen molar-refractivity contribution < 1.29 is 43.1 Å². The van der Waals surface area contributed by atoms with Gasteiger partial charge in [0.15, 0.2) is 12.6 Å². The van der Waals surface area contributed by atoms with Gasteiger partial charge in [-0.15, -0.1) is 0 Å². The van der Waals surface area contributed by atoms with Crippen molar-refractivity contribution in [1.29, 1.82) is 0 Å². The summed E-state index contributed by atoms with van der Waals surface area (Å²) in [6.45, 7) is 4.17. The van der Waals surface area contributed by atoms with Crippen LogP contribution >= 0.6 is 0 Å². The van der Waals surface area contributed by atoms with Crippen LogP contribution in [0.5, 0.6) is 0 Å². The number of aliphatic hydroxyl groups excluding tert-OH is 1. The lowest BCUT2D eigenvalue weighted by atomic mass is 9.96. The summed E-state index contributed by atoms with van der Waals surface area (Å²) in [5, 5.41) is 13.9. The Morgan fingerprint density at radius 1 is 1.11 bits per heavy atom. The molecule has 2 heterocycles. The number of carbonyl (C=O) groups is 2. The van der Waals surface area contributed by atoms with Crippen LogP contribution in [0.3, 0.4) is 0 Å². The third-order valence-electron chi connectivity index (χ3n) is 6.34. The van der Waals surface area contributed by atoms with Crippen LogP contribution < -0.4 is 5.32 Å². The van der Waals surface area contributed by atoms with E-state index >= 15 is 0 Å². The van der Waals surface area contributed by atoms with Crippen molar-refractivity contribution in [3.8, 4) is 0 Å². The standard InChI is InChI=1S/C27H39NO9/c1-3-16-34-27(31)28-22-23(30)24-20(18-35-25(37-24)19-13-9-8-10-14-19)36-26(22)33-17-12-7-5-4-6-11-15-21(29)32-2/h3,8-10,13-14,20,22-26,30H,1,4-7,11-12,15-18H2,2H3,(H,28,31)/t20-,22-,23-,24-,25?,26-/m1/s1. The van der Waals surface area contributed by atoms with Gasteiger partial charge in [0.25, 0.3) is 0 Å². The number of ether oxygens (including phenoxy) is 6. The van der Waals surface area contributed by atoms with Gasteiger partial charge in [0.1, 0.15) is 31.0 Å². The average Bonchev–Trinajstić information content (AvgIpc) is 2.93. The first-order valence-corrected chi connectivity index (χ1v) is 12.9. The molecular weight excluding hydrogens is 482 g/mol. The van der Waals surface area contributed by atoms with Gasteiger partial charge in [-0.2, -0.15) is 0 Å². The van der Waals surface area contributed by atoms with Gasteiger partial charge in [-0.05, 0) is 12.8 Å². The molecule has 1 aromatic carbocycles. The summed E-state index contributed by atoms with van der Waals surface area (Å²) < 4.78 is 33.6. The fourth-order valence-electron chi connectivity index (χ4n) is 4.36. The molecule has 2 N–H and O–H groups in total. The summed E-state index contributed by atoms with van der Waals surface area (Å²) >= 11 is 0. The van der Waals surface area contributed by atoms with E-state index in [9.17, 15) is 14.7 Å². The van der Waals surface area contributed by atoms with E-state index in [1.807, 2.05) is 30.3 Å². The first-order chi connectivity index (χ1) is 18.0. The van der Waals surface area contributed by atoms with Crippen molar-refractivity contribution in [1.82, 2.24) is 5.32 Å². The molecule has 2 aliphatic heterocycles. The maximum Gasteiger partial charge on any atom is 0.407 e. The Kier molecular flexibility index (Phi) is 12.3. The number of esters is 1. The van der Waals surface area contributed by atoms with Gasteiger partial charge in [0.2, 0.25) is 0 Å². The Balaban J connectivity index is 1.50. The lowest BCUT2D eigenvalue weighted by Crippen LogP contribution is -2.66. The topological polar surface area (TPSA) is 122 Å². The third-order valence-corrected chi connectivity index (χ3v) is 6.34. The van der Waals surface area contributed by atoms with Crippen LogP contribution in [0, 0.1) is 0 Å². The molecule has 1 aromatic rings. The Morgan fingerprint density at radius 2 is 1.84 bits per heavy atom. The highest BCUT2D eigenvalue weighted by molar-refractivity contribution is 5.69. The number of unbranched alkanes of at least 4 members (excludes halogenated alkanes) is 5. The van der Waals surface area contributed by atoms with Crippen LogP contribution in [0.15, 0.2) is 43.0 Å². The Morgan fingerprint density at radius 3 is 2.57 bits per heavy atom. The normalized spacial score (nSPS) is 27.1. The molecule has 206 valence electrons. The predicted molar refractivity (Wildman–Crippen MR) is 133 cm³/mol. The van der Waals surface area contributed by atoms with Gasteiger partial charge in [0.05, 0.1) is 13.7 Å². The second kappa shape index (κ2) is 15.7. The van der Waals surface area contributed by atoms with Crippen LogP contribution in [-0.4, -0.2) is 74.7 Å². The van der Waals surface area contributed by atoms with Crippen molar-refractivity contribution in [3.05, 3.63) is 48.6 Å². The number of hydrogen-bond acceptors (Lipinski definition) is 9. The van der Waals surface area contributed by atoms with E-state index in [1.54, 1.807) is 0 Å². The lowest BCUT2D eigenvalue weighted by Gasteiger charge is -2.47. The molecule has 37 heavy (non-hydrogen) atoms. The molecule has 0 aromatic heterocycles. The smallest absolute Gasteiger partial charge is 0.407 e. The van der Waals surface area contributed by atoms with E-state index in [-0.39, 0.29) is 19.2 Å². The van der Waals surface area contributed by atoms with Crippen LogP contribution in [0.25, 0.3) is 0 Å².